The van der Waals surface area contributed by atoms with E-state index in [0.29, 0.717) is 11.8 Å². The summed E-state index contributed by atoms with van der Waals surface area (Å²) in [5.41, 5.74) is 3.45. The topological polar surface area (TPSA) is 28.5 Å². The minimum absolute atomic E-state index is 0.616. The van der Waals surface area contributed by atoms with Gasteiger partial charge in [0.25, 0.3) is 0 Å². The largest absolute Gasteiger partial charge is 0.369 e. The average Bonchev–Trinajstić information content (AvgIpc) is 2.60. The molecule has 4 aliphatic rings. The van der Waals surface area contributed by atoms with Gasteiger partial charge in [-0.2, -0.15) is 0 Å². The van der Waals surface area contributed by atoms with Gasteiger partial charge in [-0.3, -0.25) is 4.98 Å². The Morgan fingerprint density at radius 3 is 2.48 bits per heavy atom. The number of pyridine rings is 1. The summed E-state index contributed by atoms with van der Waals surface area (Å²) < 4.78 is 0. The predicted molar refractivity (Wildman–Crippen MR) is 86.6 cm³/mol. The van der Waals surface area contributed by atoms with Crippen molar-refractivity contribution < 1.29 is 0 Å². The highest BCUT2D eigenvalue weighted by Gasteiger charge is 2.43. The van der Waals surface area contributed by atoms with Crippen LogP contribution in [0.5, 0.6) is 0 Å². The van der Waals surface area contributed by atoms with Crippen molar-refractivity contribution in [2.24, 2.45) is 16.8 Å². The second-order valence-corrected chi connectivity index (χ2v) is 7.65. The standard InChI is InChI=1S/C17H22ClN3/c1-21(2)9-20-14-8-19-17-13-6-10-3-11(7-13)5-12(4-10)15(17)16(14)18/h8-13H,3-7H2,1-2H3/b20-9+. The van der Waals surface area contributed by atoms with Crippen molar-refractivity contribution in [3.8, 4) is 0 Å². The SMILES string of the molecule is CN(C)/C=N/c1cnc2c(c1Cl)C1CC3CC(CC2C3)C1. The second kappa shape index (κ2) is 4.98. The summed E-state index contributed by atoms with van der Waals surface area (Å²) in [6.45, 7) is 0. The average molecular weight is 304 g/mol. The fourth-order valence-electron chi connectivity index (χ4n) is 4.80. The van der Waals surface area contributed by atoms with E-state index in [1.54, 1.807) is 6.34 Å². The molecule has 0 radical (unpaired) electrons. The molecule has 0 aliphatic heterocycles. The number of rotatable bonds is 2. The van der Waals surface area contributed by atoms with Crippen LogP contribution in [0.1, 0.15) is 55.2 Å². The molecule has 21 heavy (non-hydrogen) atoms. The molecule has 4 aliphatic carbocycles. The third kappa shape index (κ3) is 2.26. The smallest absolute Gasteiger partial charge is 0.102 e. The number of nitrogens with zero attached hydrogens (tertiary/aromatic N) is 3. The minimum Gasteiger partial charge on any atom is -0.369 e. The molecule has 4 bridgehead atoms. The number of hydrogen-bond donors (Lipinski definition) is 0. The molecule has 1 aromatic rings. The van der Waals surface area contributed by atoms with Gasteiger partial charge in [0, 0.05) is 25.7 Å². The summed E-state index contributed by atoms with van der Waals surface area (Å²) in [4.78, 5) is 11.2. The highest BCUT2D eigenvalue weighted by atomic mass is 35.5. The van der Waals surface area contributed by atoms with E-state index in [2.05, 4.69) is 4.99 Å². The second-order valence-electron chi connectivity index (χ2n) is 7.27. The first-order chi connectivity index (χ1) is 10.1. The fraction of sp³-hybridized carbons (Fsp3) is 0.647. The summed E-state index contributed by atoms with van der Waals surface area (Å²) >= 11 is 6.74. The van der Waals surface area contributed by atoms with Crippen molar-refractivity contribution in [2.75, 3.05) is 14.1 Å². The molecule has 2 fully saturated rings. The molecule has 4 heteroatoms. The van der Waals surface area contributed by atoms with E-state index in [0.717, 1.165) is 22.5 Å². The van der Waals surface area contributed by atoms with Crippen molar-refractivity contribution >= 4 is 23.6 Å². The lowest BCUT2D eigenvalue weighted by atomic mass is 9.67. The number of aromatic nitrogens is 1. The van der Waals surface area contributed by atoms with E-state index in [4.69, 9.17) is 16.6 Å². The zero-order valence-corrected chi connectivity index (χ0v) is 13.5. The Balaban J connectivity index is 1.80. The summed E-state index contributed by atoms with van der Waals surface area (Å²) in [5, 5.41) is 0.858. The van der Waals surface area contributed by atoms with Gasteiger partial charge in [-0.25, -0.2) is 4.99 Å². The van der Waals surface area contributed by atoms with Gasteiger partial charge in [0.05, 0.1) is 17.6 Å². The summed E-state index contributed by atoms with van der Waals surface area (Å²) in [7, 11) is 3.93. The van der Waals surface area contributed by atoms with Gasteiger partial charge in [-0.05, 0) is 55.4 Å². The van der Waals surface area contributed by atoms with E-state index in [-0.39, 0.29) is 0 Å². The van der Waals surface area contributed by atoms with Crippen LogP contribution in [0.15, 0.2) is 11.2 Å². The van der Waals surface area contributed by atoms with Crippen LogP contribution in [-0.4, -0.2) is 30.3 Å². The molecule has 2 atom stereocenters. The Bertz CT molecular complexity index is 582. The van der Waals surface area contributed by atoms with Crippen molar-refractivity contribution in [2.45, 2.75) is 43.9 Å². The third-order valence-corrected chi connectivity index (χ3v) is 5.82. The van der Waals surface area contributed by atoms with Crippen LogP contribution in [0.4, 0.5) is 5.69 Å². The Morgan fingerprint density at radius 2 is 1.81 bits per heavy atom. The van der Waals surface area contributed by atoms with Crippen molar-refractivity contribution in [1.29, 1.82) is 0 Å². The van der Waals surface area contributed by atoms with Crippen LogP contribution in [0, 0.1) is 11.8 Å². The van der Waals surface area contributed by atoms with Gasteiger partial charge >= 0.3 is 0 Å². The Morgan fingerprint density at radius 1 is 1.14 bits per heavy atom. The molecule has 112 valence electrons. The number of halogens is 1. The van der Waals surface area contributed by atoms with Crippen LogP contribution in [0.25, 0.3) is 0 Å². The van der Waals surface area contributed by atoms with Gasteiger partial charge in [0.2, 0.25) is 0 Å². The van der Waals surface area contributed by atoms with Crippen LogP contribution in [0.2, 0.25) is 5.02 Å². The van der Waals surface area contributed by atoms with Crippen molar-refractivity contribution in [1.82, 2.24) is 9.88 Å². The normalized spacial score (nSPS) is 33.3. The molecule has 5 rings (SSSR count). The van der Waals surface area contributed by atoms with Gasteiger partial charge < -0.3 is 4.90 Å². The minimum atomic E-state index is 0.616. The molecular weight excluding hydrogens is 282 g/mol. The molecule has 2 unspecified atom stereocenters. The molecule has 2 saturated carbocycles. The zero-order chi connectivity index (χ0) is 14.6. The first-order valence-electron chi connectivity index (χ1n) is 8.00. The van der Waals surface area contributed by atoms with Crippen molar-refractivity contribution in [3.05, 3.63) is 22.5 Å². The molecule has 1 heterocycles. The summed E-state index contributed by atoms with van der Waals surface area (Å²) in [6, 6.07) is 0. The Hall–Kier alpha value is -1.09. The van der Waals surface area contributed by atoms with E-state index < -0.39 is 0 Å². The maximum Gasteiger partial charge on any atom is 0.102 e. The molecule has 0 amide bonds. The molecule has 1 aromatic heterocycles. The van der Waals surface area contributed by atoms with Crippen LogP contribution < -0.4 is 0 Å². The Kier molecular flexibility index (Phi) is 3.21. The van der Waals surface area contributed by atoms with E-state index in [1.165, 1.54) is 43.4 Å². The van der Waals surface area contributed by atoms with E-state index in [1.807, 2.05) is 25.2 Å². The van der Waals surface area contributed by atoms with E-state index in [9.17, 15) is 0 Å². The number of aliphatic imine (C=N–C) groups is 1. The lowest BCUT2D eigenvalue weighted by Gasteiger charge is -2.38. The van der Waals surface area contributed by atoms with Gasteiger partial charge in [0.1, 0.15) is 5.69 Å². The zero-order valence-electron chi connectivity index (χ0n) is 12.7. The molecule has 0 saturated heterocycles. The van der Waals surface area contributed by atoms with Crippen LogP contribution in [0.3, 0.4) is 0 Å². The monoisotopic (exact) mass is 303 g/mol. The lowest BCUT2D eigenvalue weighted by Crippen LogP contribution is -2.25. The van der Waals surface area contributed by atoms with Crippen LogP contribution in [-0.2, 0) is 0 Å². The molecule has 0 N–H and O–H groups in total. The van der Waals surface area contributed by atoms with Gasteiger partial charge in [-0.1, -0.05) is 11.6 Å². The molecule has 0 aromatic carbocycles. The summed E-state index contributed by atoms with van der Waals surface area (Å²) in [5.74, 6) is 3.05. The highest BCUT2D eigenvalue weighted by Crippen LogP contribution is 2.57. The first kappa shape index (κ1) is 13.6. The molecule has 3 nitrogen and oxygen atoms in total. The third-order valence-electron chi connectivity index (χ3n) is 5.42. The maximum absolute atomic E-state index is 6.74. The van der Waals surface area contributed by atoms with Crippen LogP contribution >= 0.6 is 11.6 Å². The number of hydrogen-bond acceptors (Lipinski definition) is 2. The van der Waals surface area contributed by atoms with E-state index >= 15 is 0 Å². The van der Waals surface area contributed by atoms with Crippen molar-refractivity contribution in [3.63, 3.8) is 0 Å². The van der Waals surface area contributed by atoms with Gasteiger partial charge in [-0.15, -0.1) is 0 Å². The summed E-state index contributed by atoms with van der Waals surface area (Å²) in [6.07, 6.45) is 10.4. The maximum atomic E-state index is 6.74. The van der Waals surface area contributed by atoms with Gasteiger partial charge in [0.15, 0.2) is 0 Å². The molecular formula is C17H22ClN3. The molecule has 0 spiro atoms. The lowest BCUT2D eigenvalue weighted by molar-refractivity contribution is 0.165. The fourth-order valence-corrected chi connectivity index (χ4v) is 5.15. The Labute approximate surface area is 131 Å². The highest BCUT2D eigenvalue weighted by molar-refractivity contribution is 6.34. The predicted octanol–water partition coefficient (Wildman–Crippen LogP) is 4.35. The quantitative estimate of drug-likeness (QED) is 0.600. The first-order valence-corrected chi connectivity index (χ1v) is 8.38.